The first-order valence-electron chi connectivity index (χ1n) is 6.47. The molecule has 6 heteroatoms. The lowest BCUT2D eigenvalue weighted by atomic mass is 10.1. The van der Waals surface area contributed by atoms with Gasteiger partial charge in [-0.1, -0.05) is 5.92 Å². The van der Waals surface area contributed by atoms with Gasteiger partial charge in [-0.25, -0.2) is 18.2 Å². The maximum absolute atomic E-state index is 13.9. The minimum Gasteiger partial charge on any atom is -0.383 e. The number of aromatic nitrogens is 2. The van der Waals surface area contributed by atoms with E-state index in [2.05, 4.69) is 10.9 Å². The van der Waals surface area contributed by atoms with Gasteiger partial charge in [0.2, 0.25) is 0 Å². The highest BCUT2D eigenvalue weighted by atomic mass is 19.2. The molecule has 0 saturated heterocycles. The van der Waals surface area contributed by atoms with Crippen molar-refractivity contribution in [3.05, 3.63) is 35.4 Å². The molecule has 2 aromatic rings. The molecular formula is C15H12F3N3. The lowest BCUT2D eigenvalue weighted by Crippen LogP contribution is -2.05. The zero-order chi connectivity index (χ0) is 15.1. The molecule has 0 spiro atoms. The van der Waals surface area contributed by atoms with Gasteiger partial charge in [0.05, 0.1) is 6.54 Å². The third-order valence-corrected chi connectivity index (χ3v) is 3.49. The van der Waals surface area contributed by atoms with E-state index in [9.17, 15) is 13.2 Å². The van der Waals surface area contributed by atoms with Crippen molar-refractivity contribution in [2.45, 2.75) is 25.3 Å². The van der Waals surface area contributed by atoms with Crippen LogP contribution in [0.4, 0.5) is 19.0 Å². The Morgan fingerprint density at radius 3 is 2.52 bits per heavy atom. The molecule has 0 bridgehead atoms. The van der Waals surface area contributed by atoms with Crippen LogP contribution in [0.15, 0.2) is 12.1 Å². The van der Waals surface area contributed by atoms with Crippen LogP contribution >= 0.6 is 0 Å². The topological polar surface area (TPSA) is 43.8 Å². The van der Waals surface area contributed by atoms with Gasteiger partial charge in [-0.15, -0.1) is 6.42 Å². The van der Waals surface area contributed by atoms with Gasteiger partial charge in [-0.05, 0) is 18.9 Å². The maximum atomic E-state index is 13.9. The molecule has 1 aliphatic carbocycles. The second-order valence-corrected chi connectivity index (χ2v) is 5.01. The summed E-state index contributed by atoms with van der Waals surface area (Å²) in [6.07, 6.45) is 7.22. The average Bonchev–Trinajstić information content (AvgIpc) is 3.22. The molecule has 0 radical (unpaired) electrons. The van der Waals surface area contributed by atoms with E-state index in [0.29, 0.717) is 11.9 Å². The lowest BCUT2D eigenvalue weighted by molar-refractivity contribution is 0.496. The quantitative estimate of drug-likeness (QED) is 0.697. The smallest absolute Gasteiger partial charge is 0.161 e. The summed E-state index contributed by atoms with van der Waals surface area (Å²) in [5.41, 5.74) is 5.90. The zero-order valence-electron chi connectivity index (χ0n) is 11.0. The summed E-state index contributed by atoms with van der Waals surface area (Å²) in [6.45, 7) is 0.204. The first-order valence-corrected chi connectivity index (χ1v) is 6.47. The van der Waals surface area contributed by atoms with Gasteiger partial charge >= 0.3 is 0 Å². The monoisotopic (exact) mass is 291 g/mol. The second kappa shape index (κ2) is 4.85. The minimum absolute atomic E-state index is 0.101. The van der Waals surface area contributed by atoms with Crippen LogP contribution < -0.4 is 5.73 Å². The molecular weight excluding hydrogens is 279 g/mol. The summed E-state index contributed by atoms with van der Waals surface area (Å²) in [5.74, 6) is 0.232. The van der Waals surface area contributed by atoms with E-state index >= 15 is 0 Å². The highest BCUT2D eigenvalue weighted by Gasteiger charge is 2.31. The number of nitrogens with zero attached hydrogens (tertiary/aromatic N) is 2. The van der Waals surface area contributed by atoms with Gasteiger partial charge in [0.25, 0.3) is 0 Å². The van der Waals surface area contributed by atoms with Gasteiger partial charge in [0.1, 0.15) is 23.2 Å². The summed E-state index contributed by atoms with van der Waals surface area (Å²) >= 11 is 0. The number of hydrogen-bond acceptors (Lipinski definition) is 2. The van der Waals surface area contributed by atoms with Crippen LogP contribution in [-0.2, 0) is 6.54 Å². The molecule has 0 unspecified atom stereocenters. The molecule has 0 aliphatic heterocycles. The van der Waals surface area contributed by atoms with E-state index in [1.165, 1.54) is 0 Å². The number of halogens is 3. The van der Waals surface area contributed by atoms with Crippen molar-refractivity contribution >= 4 is 5.82 Å². The van der Waals surface area contributed by atoms with Gasteiger partial charge < -0.3 is 10.3 Å². The van der Waals surface area contributed by atoms with E-state index in [1.54, 1.807) is 4.57 Å². The van der Waals surface area contributed by atoms with E-state index < -0.39 is 17.5 Å². The van der Waals surface area contributed by atoms with Crippen molar-refractivity contribution in [2.75, 3.05) is 5.73 Å². The molecule has 0 atom stereocenters. The third-order valence-electron chi connectivity index (χ3n) is 3.49. The highest BCUT2D eigenvalue weighted by molar-refractivity contribution is 5.72. The number of nitrogens with two attached hydrogens (primary N) is 1. The maximum Gasteiger partial charge on any atom is 0.161 e. The standard InChI is InChI=1S/C15H12F3N3/c1-2-5-21-14(19)13(20-15(21)8-3-4-8)9-6-11(17)12(18)7-10(9)16/h1,6-8H,3-5,19H2. The normalized spacial score (nSPS) is 14.2. The number of anilines is 1. The molecule has 3 nitrogen and oxygen atoms in total. The molecule has 1 fully saturated rings. The van der Waals surface area contributed by atoms with Crippen molar-refractivity contribution in [1.82, 2.24) is 9.55 Å². The summed E-state index contributed by atoms with van der Waals surface area (Å²) in [4.78, 5) is 4.31. The third kappa shape index (κ3) is 2.25. The Kier molecular flexibility index (Phi) is 3.13. The number of benzene rings is 1. The molecule has 108 valence electrons. The van der Waals surface area contributed by atoms with Crippen LogP contribution in [0.5, 0.6) is 0 Å². The minimum atomic E-state index is -1.25. The number of rotatable bonds is 3. The highest BCUT2D eigenvalue weighted by Crippen LogP contribution is 2.42. The SMILES string of the molecule is C#CCn1c(C2CC2)nc(-c2cc(F)c(F)cc2F)c1N. The molecule has 1 aromatic carbocycles. The van der Waals surface area contributed by atoms with Gasteiger partial charge in [0.15, 0.2) is 11.6 Å². The molecule has 1 saturated carbocycles. The van der Waals surface area contributed by atoms with Crippen LogP contribution in [0.3, 0.4) is 0 Å². The number of hydrogen-bond donors (Lipinski definition) is 1. The van der Waals surface area contributed by atoms with Gasteiger partial charge in [0, 0.05) is 17.5 Å². The molecule has 1 aromatic heterocycles. The molecule has 1 aliphatic rings. The first kappa shape index (κ1) is 13.6. The molecule has 2 N–H and O–H groups in total. The van der Waals surface area contributed by atoms with Crippen LogP contribution in [0.2, 0.25) is 0 Å². The molecule has 0 amide bonds. The van der Waals surface area contributed by atoms with Crippen molar-refractivity contribution in [1.29, 1.82) is 0 Å². The Morgan fingerprint density at radius 1 is 1.24 bits per heavy atom. The second-order valence-electron chi connectivity index (χ2n) is 5.01. The fraction of sp³-hybridized carbons (Fsp3) is 0.267. The fourth-order valence-electron chi connectivity index (χ4n) is 2.30. The number of nitrogen functional groups attached to an aromatic ring is 1. The van der Waals surface area contributed by atoms with E-state index in [1.807, 2.05) is 0 Å². The Balaban J connectivity index is 2.17. The van der Waals surface area contributed by atoms with Crippen LogP contribution in [-0.4, -0.2) is 9.55 Å². The van der Waals surface area contributed by atoms with Crippen molar-refractivity contribution < 1.29 is 13.2 Å². The number of imidazole rings is 1. The lowest BCUT2D eigenvalue weighted by Gasteiger charge is -2.05. The predicted molar refractivity (Wildman–Crippen MR) is 72.8 cm³/mol. The summed E-state index contributed by atoms with van der Waals surface area (Å²) in [7, 11) is 0. The van der Waals surface area contributed by atoms with E-state index in [4.69, 9.17) is 12.2 Å². The van der Waals surface area contributed by atoms with Gasteiger partial charge in [-0.3, -0.25) is 0 Å². The molecule has 1 heterocycles. The first-order chi connectivity index (χ1) is 10.0. The molecule has 3 rings (SSSR count). The Hall–Kier alpha value is -2.42. The summed E-state index contributed by atoms with van der Waals surface area (Å²) in [5, 5.41) is 0. The Morgan fingerprint density at radius 2 is 1.90 bits per heavy atom. The van der Waals surface area contributed by atoms with Crippen molar-refractivity contribution in [3.63, 3.8) is 0 Å². The number of terminal acetylenes is 1. The van der Waals surface area contributed by atoms with E-state index in [-0.39, 0.29) is 29.5 Å². The summed E-state index contributed by atoms with van der Waals surface area (Å²) < 4.78 is 41.9. The fourth-order valence-corrected chi connectivity index (χ4v) is 2.30. The van der Waals surface area contributed by atoms with Gasteiger partial charge in [-0.2, -0.15) is 0 Å². The zero-order valence-corrected chi connectivity index (χ0v) is 11.0. The van der Waals surface area contributed by atoms with Crippen molar-refractivity contribution in [2.24, 2.45) is 0 Å². The van der Waals surface area contributed by atoms with Crippen LogP contribution in [0.1, 0.15) is 24.6 Å². The van der Waals surface area contributed by atoms with Crippen LogP contribution in [0, 0.1) is 29.8 Å². The summed E-state index contributed by atoms with van der Waals surface area (Å²) in [6, 6.07) is 1.25. The Bertz CT molecular complexity index is 754. The predicted octanol–water partition coefficient (Wildman–Crippen LogP) is 3.06. The largest absolute Gasteiger partial charge is 0.383 e. The average molecular weight is 291 g/mol. The van der Waals surface area contributed by atoms with Crippen molar-refractivity contribution in [3.8, 4) is 23.6 Å². The van der Waals surface area contributed by atoms with E-state index in [0.717, 1.165) is 18.9 Å². The van der Waals surface area contributed by atoms with Crippen LogP contribution in [0.25, 0.3) is 11.3 Å². The Labute approximate surface area is 119 Å². The molecule has 21 heavy (non-hydrogen) atoms.